The van der Waals surface area contributed by atoms with E-state index >= 15 is 0 Å². The van der Waals surface area contributed by atoms with Crippen LogP contribution < -0.4 is 10.9 Å². The number of benzene rings is 1. The summed E-state index contributed by atoms with van der Waals surface area (Å²) in [7, 11) is 0. The number of aromatic hydroxyl groups is 1. The van der Waals surface area contributed by atoms with Gasteiger partial charge < -0.3 is 15.5 Å². The van der Waals surface area contributed by atoms with Gasteiger partial charge in [0.1, 0.15) is 22.8 Å². The first kappa shape index (κ1) is 22.2. The number of aliphatic hydroxyl groups excluding tert-OH is 1. The summed E-state index contributed by atoms with van der Waals surface area (Å²) in [6.45, 7) is 1.83. The summed E-state index contributed by atoms with van der Waals surface area (Å²) >= 11 is 0. The highest BCUT2D eigenvalue weighted by molar-refractivity contribution is 6.02. The number of carbonyl (C=O) groups is 1. The molecule has 3 N–H and O–H groups in total. The van der Waals surface area contributed by atoms with Gasteiger partial charge in [-0.05, 0) is 54.9 Å². The molecule has 2 saturated carbocycles. The third-order valence-electron chi connectivity index (χ3n) is 7.71. The number of aromatic nitrogens is 2. The lowest BCUT2D eigenvalue weighted by atomic mass is 9.77. The van der Waals surface area contributed by atoms with Gasteiger partial charge in [-0.2, -0.15) is 0 Å². The Hall–Kier alpha value is -3.30. The van der Waals surface area contributed by atoms with Crippen molar-refractivity contribution in [3.05, 3.63) is 58.3 Å². The third-order valence-corrected chi connectivity index (χ3v) is 7.71. The second-order valence-corrected chi connectivity index (χ2v) is 10.3. The quantitative estimate of drug-likeness (QED) is 0.502. The molecule has 1 spiro atoms. The zero-order valence-corrected chi connectivity index (χ0v) is 19.2. The third kappa shape index (κ3) is 3.98. The lowest BCUT2D eigenvalue weighted by Gasteiger charge is -2.36. The van der Waals surface area contributed by atoms with E-state index in [1.807, 2.05) is 4.90 Å². The van der Waals surface area contributed by atoms with Crippen LogP contribution in [0.5, 0.6) is 5.75 Å². The monoisotopic (exact) mass is 478 g/mol. The fraction of sp³-hybridized carbons (Fsp3) is 0.423. The average Bonchev–Trinajstić information content (AvgIpc) is 3.59. The van der Waals surface area contributed by atoms with Crippen LogP contribution in [0.4, 0.5) is 4.39 Å². The predicted octanol–water partition coefficient (Wildman–Crippen LogP) is 2.26. The van der Waals surface area contributed by atoms with Gasteiger partial charge in [-0.15, -0.1) is 0 Å². The molecule has 2 aliphatic carbocycles. The summed E-state index contributed by atoms with van der Waals surface area (Å²) in [4.78, 5) is 33.1. The number of aliphatic hydroxyl groups is 1. The predicted molar refractivity (Wildman–Crippen MR) is 128 cm³/mol. The summed E-state index contributed by atoms with van der Waals surface area (Å²) in [5.74, 6) is -1.33. The molecule has 8 nitrogen and oxygen atoms in total. The highest BCUT2D eigenvalue weighted by atomic mass is 19.1. The van der Waals surface area contributed by atoms with Crippen molar-refractivity contribution in [3.63, 3.8) is 0 Å². The largest absolute Gasteiger partial charge is 0.506 e. The SMILES string of the molecule is O=C(NC1CC2(CC2)C1)c1c(O)c2cc(-c3ccc(F)cc3)cnc2n(CCN2CC(O)C2)c1=O. The highest BCUT2D eigenvalue weighted by Crippen LogP contribution is 2.60. The highest BCUT2D eigenvalue weighted by Gasteiger charge is 2.53. The number of nitrogens with zero attached hydrogens (tertiary/aromatic N) is 3. The van der Waals surface area contributed by atoms with E-state index in [9.17, 15) is 24.2 Å². The maximum atomic E-state index is 13.4. The molecular weight excluding hydrogens is 451 g/mol. The van der Waals surface area contributed by atoms with Gasteiger partial charge in [-0.25, -0.2) is 9.37 Å². The Morgan fingerprint density at radius 2 is 1.86 bits per heavy atom. The maximum absolute atomic E-state index is 13.4. The Labute approximate surface area is 201 Å². The maximum Gasteiger partial charge on any atom is 0.268 e. The number of carbonyl (C=O) groups excluding carboxylic acids is 1. The van der Waals surface area contributed by atoms with E-state index in [0.29, 0.717) is 36.2 Å². The zero-order valence-electron chi connectivity index (χ0n) is 19.2. The molecule has 0 unspecified atom stereocenters. The van der Waals surface area contributed by atoms with Crippen molar-refractivity contribution in [2.45, 2.75) is 44.4 Å². The molecule has 9 heteroatoms. The van der Waals surface area contributed by atoms with Crippen molar-refractivity contribution in [2.75, 3.05) is 19.6 Å². The normalized spacial score (nSPS) is 19.5. The number of fused-ring (bicyclic) bond motifs is 1. The van der Waals surface area contributed by atoms with Crippen LogP contribution in [0.15, 0.2) is 41.3 Å². The number of halogens is 1. The van der Waals surface area contributed by atoms with Crippen molar-refractivity contribution in [1.82, 2.24) is 19.8 Å². The van der Waals surface area contributed by atoms with Crippen molar-refractivity contribution in [2.24, 2.45) is 5.41 Å². The average molecular weight is 479 g/mol. The van der Waals surface area contributed by atoms with E-state index in [1.165, 1.54) is 29.5 Å². The second kappa shape index (κ2) is 8.13. The van der Waals surface area contributed by atoms with Crippen molar-refractivity contribution in [1.29, 1.82) is 0 Å². The molecule has 35 heavy (non-hydrogen) atoms. The first-order chi connectivity index (χ1) is 16.8. The lowest BCUT2D eigenvalue weighted by Crippen LogP contribution is -2.52. The minimum absolute atomic E-state index is 0.0131. The smallest absolute Gasteiger partial charge is 0.268 e. The first-order valence-electron chi connectivity index (χ1n) is 12.0. The van der Waals surface area contributed by atoms with E-state index in [0.717, 1.165) is 12.8 Å². The molecule has 6 rings (SSSR count). The summed E-state index contributed by atoms with van der Waals surface area (Å²) in [5.41, 5.74) is 1.12. The molecule has 2 aromatic heterocycles. The zero-order chi connectivity index (χ0) is 24.3. The number of hydrogen-bond donors (Lipinski definition) is 3. The van der Waals surface area contributed by atoms with Gasteiger partial charge in [0, 0.05) is 44.0 Å². The van der Waals surface area contributed by atoms with Crippen LogP contribution in [0, 0.1) is 11.2 Å². The van der Waals surface area contributed by atoms with E-state index < -0.39 is 17.2 Å². The van der Waals surface area contributed by atoms with Gasteiger partial charge in [0.05, 0.1) is 11.5 Å². The minimum atomic E-state index is -0.587. The Kier molecular flexibility index (Phi) is 5.16. The standard InChI is InChI=1S/C26H27FN4O4/c27-17-3-1-15(2-4-17)16-9-20-22(33)21(24(34)29-18-10-26(11-18)5-6-26)25(35)31(23(20)28-12-16)8-7-30-13-19(32)14-30/h1-4,9,12,18-19,32-33H,5-8,10-11,13-14H2,(H,29,34). The number of amides is 1. The summed E-state index contributed by atoms with van der Waals surface area (Å²) in [5, 5.41) is 23.9. The Morgan fingerprint density at radius 3 is 2.51 bits per heavy atom. The number of hydrogen-bond acceptors (Lipinski definition) is 6. The molecule has 3 aromatic rings. The van der Waals surface area contributed by atoms with Crippen LogP contribution in [0.1, 0.15) is 36.0 Å². The summed E-state index contributed by atoms with van der Waals surface area (Å²) in [6, 6.07) is 7.58. The van der Waals surface area contributed by atoms with Gasteiger partial charge >= 0.3 is 0 Å². The van der Waals surface area contributed by atoms with Crippen LogP contribution in [0.25, 0.3) is 22.2 Å². The van der Waals surface area contributed by atoms with E-state index in [2.05, 4.69) is 10.3 Å². The van der Waals surface area contributed by atoms with E-state index in [4.69, 9.17) is 0 Å². The van der Waals surface area contributed by atoms with Crippen LogP contribution in [0.3, 0.4) is 0 Å². The van der Waals surface area contributed by atoms with Crippen molar-refractivity contribution >= 4 is 16.9 Å². The van der Waals surface area contributed by atoms with Gasteiger partial charge in [0.25, 0.3) is 11.5 Å². The Morgan fingerprint density at radius 1 is 1.14 bits per heavy atom. The molecular formula is C26H27FN4O4. The van der Waals surface area contributed by atoms with E-state index in [1.54, 1.807) is 24.4 Å². The summed E-state index contributed by atoms with van der Waals surface area (Å²) < 4.78 is 14.8. The first-order valence-corrected chi connectivity index (χ1v) is 12.0. The number of likely N-dealkylation sites (tertiary alicyclic amines) is 1. The molecule has 0 radical (unpaired) electrons. The topological polar surface area (TPSA) is 108 Å². The molecule has 3 fully saturated rings. The van der Waals surface area contributed by atoms with Crippen molar-refractivity contribution < 1.29 is 19.4 Å². The summed E-state index contributed by atoms with van der Waals surface area (Å²) in [6.07, 6.45) is 5.41. The van der Waals surface area contributed by atoms with Gasteiger partial charge in [-0.3, -0.25) is 19.1 Å². The minimum Gasteiger partial charge on any atom is -0.506 e. The molecule has 3 heterocycles. The van der Waals surface area contributed by atoms with Crippen LogP contribution in [-0.2, 0) is 6.54 Å². The molecule has 3 aliphatic rings. The van der Waals surface area contributed by atoms with Crippen LogP contribution >= 0.6 is 0 Å². The molecule has 1 aromatic carbocycles. The van der Waals surface area contributed by atoms with E-state index in [-0.39, 0.29) is 41.1 Å². The van der Waals surface area contributed by atoms with Gasteiger partial charge in [0.2, 0.25) is 0 Å². The molecule has 1 amide bonds. The fourth-order valence-corrected chi connectivity index (χ4v) is 5.42. The lowest BCUT2D eigenvalue weighted by molar-refractivity contribution is 0.000565. The number of nitrogens with one attached hydrogen (secondary N) is 1. The Bertz CT molecular complexity index is 1370. The Balaban J connectivity index is 1.39. The number of β-amino-alcohol motifs (C(OH)–C–C–N with tert-alkyl or cyclic N) is 1. The molecule has 1 aliphatic heterocycles. The van der Waals surface area contributed by atoms with Gasteiger partial charge in [-0.1, -0.05) is 12.1 Å². The molecule has 0 atom stereocenters. The second-order valence-electron chi connectivity index (χ2n) is 10.3. The molecule has 182 valence electrons. The molecule has 1 saturated heterocycles. The fourth-order valence-electron chi connectivity index (χ4n) is 5.42. The number of rotatable bonds is 6. The molecule has 0 bridgehead atoms. The van der Waals surface area contributed by atoms with Gasteiger partial charge in [0.15, 0.2) is 0 Å². The van der Waals surface area contributed by atoms with Crippen LogP contribution in [-0.4, -0.2) is 62.4 Å². The van der Waals surface area contributed by atoms with Crippen molar-refractivity contribution in [3.8, 4) is 16.9 Å². The van der Waals surface area contributed by atoms with Crippen LogP contribution in [0.2, 0.25) is 0 Å². The number of pyridine rings is 2.